The molecule has 0 saturated carbocycles. The van der Waals surface area contributed by atoms with Crippen molar-refractivity contribution in [3.63, 3.8) is 0 Å². The average molecular weight is 270 g/mol. The number of aliphatic hydroxyl groups excluding tert-OH is 1. The van der Waals surface area contributed by atoms with Gasteiger partial charge in [-0.3, -0.25) is 4.57 Å². The van der Waals surface area contributed by atoms with E-state index < -0.39 is 30.2 Å². The van der Waals surface area contributed by atoms with Gasteiger partial charge in [-0.25, -0.2) is 4.79 Å². The molecular formula is C11H18N4O4. The molecule has 0 aliphatic carbocycles. The lowest BCUT2D eigenvalue weighted by Gasteiger charge is -2.18. The third kappa shape index (κ3) is 2.47. The van der Waals surface area contributed by atoms with Crippen LogP contribution in [0, 0.1) is 6.92 Å². The molecule has 0 amide bonds. The second-order valence-electron chi connectivity index (χ2n) is 4.59. The Hall–Kier alpha value is -1.48. The molecule has 8 heteroatoms. The van der Waals surface area contributed by atoms with Crippen molar-refractivity contribution < 1.29 is 14.6 Å². The monoisotopic (exact) mass is 270 g/mol. The molecule has 4 unspecified atom stereocenters. The van der Waals surface area contributed by atoms with E-state index in [1.54, 1.807) is 6.92 Å². The Kier molecular flexibility index (Phi) is 3.85. The van der Waals surface area contributed by atoms with Gasteiger partial charge < -0.3 is 26.0 Å². The number of nitrogens with two attached hydrogens (primary N) is 2. The summed E-state index contributed by atoms with van der Waals surface area (Å²) >= 11 is 0. The number of hydrogen-bond acceptors (Lipinski definition) is 7. The fourth-order valence-electron chi connectivity index (χ4n) is 2.08. The van der Waals surface area contributed by atoms with E-state index in [4.69, 9.17) is 20.9 Å². The number of anilines is 1. The molecule has 0 bridgehead atoms. The molecule has 8 nitrogen and oxygen atoms in total. The zero-order valence-corrected chi connectivity index (χ0v) is 10.8. The van der Waals surface area contributed by atoms with Crippen molar-refractivity contribution in [1.29, 1.82) is 0 Å². The molecule has 1 aliphatic rings. The minimum absolute atomic E-state index is 0.168. The molecule has 1 aromatic rings. The first-order chi connectivity index (χ1) is 8.95. The number of hydrogen-bond donors (Lipinski definition) is 3. The standard InChI is InChI=1S/C11H18N4O4/c1-5-3-15(11(17)14-9(5)13)10-7(12)8(16)6(19-10)4-18-2/h3,6-8,10,16H,4,12H2,1-2H3,(H2,13,14,17). The van der Waals surface area contributed by atoms with E-state index in [1.165, 1.54) is 17.9 Å². The van der Waals surface area contributed by atoms with Gasteiger partial charge in [0.1, 0.15) is 18.0 Å². The fourth-order valence-corrected chi connectivity index (χ4v) is 2.08. The Morgan fingerprint density at radius 2 is 2.32 bits per heavy atom. The van der Waals surface area contributed by atoms with Crippen molar-refractivity contribution in [1.82, 2.24) is 9.55 Å². The number of nitrogens with zero attached hydrogens (tertiary/aromatic N) is 2. The largest absolute Gasteiger partial charge is 0.389 e. The van der Waals surface area contributed by atoms with E-state index in [0.717, 1.165) is 0 Å². The average Bonchev–Trinajstić information content (AvgIpc) is 2.63. The normalized spacial score (nSPS) is 30.7. The van der Waals surface area contributed by atoms with Crippen molar-refractivity contribution in [3.05, 3.63) is 22.2 Å². The highest BCUT2D eigenvalue weighted by Gasteiger charge is 2.42. The van der Waals surface area contributed by atoms with Crippen LogP contribution in [0.1, 0.15) is 11.8 Å². The lowest BCUT2D eigenvalue weighted by Crippen LogP contribution is -2.42. The third-order valence-corrected chi connectivity index (χ3v) is 3.20. The number of aromatic nitrogens is 2. The first-order valence-corrected chi connectivity index (χ1v) is 5.89. The lowest BCUT2D eigenvalue weighted by atomic mass is 10.1. The van der Waals surface area contributed by atoms with Crippen LogP contribution in [-0.4, -0.2) is 46.6 Å². The van der Waals surface area contributed by atoms with Crippen molar-refractivity contribution in [2.75, 3.05) is 19.5 Å². The summed E-state index contributed by atoms with van der Waals surface area (Å²) in [7, 11) is 1.50. The summed E-state index contributed by atoms with van der Waals surface area (Å²) in [6.07, 6.45) is -0.740. The third-order valence-electron chi connectivity index (χ3n) is 3.20. The Morgan fingerprint density at radius 3 is 2.95 bits per heavy atom. The van der Waals surface area contributed by atoms with E-state index in [2.05, 4.69) is 4.98 Å². The van der Waals surface area contributed by atoms with Gasteiger partial charge in [-0.15, -0.1) is 0 Å². The molecule has 1 aliphatic heterocycles. The Bertz CT molecular complexity index is 518. The van der Waals surface area contributed by atoms with Crippen LogP contribution < -0.4 is 17.2 Å². The molecule has 1 saturated heterocycles. The van der Waals surface area contributed by atoms with Gasteiger partial charge in [0.25, 0.3) is 0 Å². The van der Waals surface area contributed by atoms with Crippen LogP contribution >= 0.6 is 0 Å². The maximum Gasteiger partial charge on any atom is 0.351 e. The summed E-state index contributed by atoms with van der Waals surface area (Å²) in [4.78, 5) is 15.5. The number of nitrogen functional groups attached to an aromatic ring is 1. The molecular weight excluding hydrogens is 252 g/mol. The minimum atomic E-state index is -0.908. The summed E-state index contributed by atoms with van der Waals surface area (Å²) in [5.74, 6) is 0.168. The van der Waals surface area contributed by atoms with Crippen LogP contribution in [0.3, 0.4) is 0 Å². The van der Waals surface area contributed by atoms with Crippen LogP contribution in [0.25, 0.3) is 0 Å². The molecule has 4 atom stereocenters. The van der Waals surface area contributed by atoms with Crippen molar-refractivity contribution >= 4 is 5.82 Å². The second kappa shape index (κ2) is 5.25. The summed E-state index contributed by atoms with van der Waals surface area (Å²) in [5.41, 5.74) is 11.5. The molecule has 0 aromatic carbocycles. The maximum atomic E-state index is 11.8. The summed E-state index contributed by atoms with van der Waals surface area (Å²) in [6.45, 7) is 1.92. The number of methoxy groups -OCH3 is 1. The van der Waals surface area contributed by atoms with Crippen LogP contribution in [-0.2, 0) is 9.47 Å². The highest BCUT2D eigenvalue weighted by molar-refractivity contribution is 5.35. The van der Waals surface area contributed by atoms with Gasteiger partial charge in [-0.1, -0.05) is 0 Å². The van der Waals surface area contributed by atoms with Gasteiger partial charge in [-0.05, 0) is 6.92 Å². The maximum absolute atomic E-state index is 11.8. The number of aliphatic hydroxyl groups is 1. The second-order valence-corrected chi connectivity index (χ2v) is 4.59. The van der Waals surface area contributed by atoms with Gasteiger partial charge in [0.2, 0.25) is 0 Å². The number of ether oxygens (including phenoxy) is 2. The SMILES string of the molecule is COCC1OC(n2cc(C)c(N)nc2=O)C(N)C1O. The highest BCUT2D eigenvalue weighted by atomic mass is 16.6. The fraction of sp³-hybridized carbons (Fsp3) is 0.636. The molecule has 1 fully saturated rings. The topological polar surface area (TPSA) is 126 Å². The Balaban J connectivity index is 2.33. The van der Waals surface area contributed by atoms with Crippen molar-refractivity contribution in [3.8, 4) is 0 Å². The van der Waals surface area contributed by atoms with E-state index >= 15 is 0 Å². The van der Waals surface area contributed by atoms with Crippen LogP contribution in [0.5, 0.6) is 0 Å². The summed E-state index contributed by atoms with van der Waals surface area (Å²) < 4.78 is 11.8. The predicted molar refractivity (Wildman–Crippen MR) is 67.4 cm³/mol. The summed E-state index contributed by atoms with van der Waals surface area (Å²) in [6, 6.07) is -0.734. The zero-order chi connectivity index (χ0) is 14.2. The Labute approximate surface area is 109 Å². The summed E-state index contributed by atoms with van der Waals surface area (Å²) in [5, 5.41) is 9.94. The number of aryl methyl sites for hydroxylation is 1. The number of rotatable bonds is 3. The van der Waals surface area contributed by atoms with E-state index in [0.29, 0.717) is 5.56 Å². The highest BCUT2D eigenvalue weighted by Crippen LogP contribution is 2.27. The first kappa shape index (κ1) is 13.9. The smallest absolute Gasteiger partial charge is 0.351 e. The lowest BCUT2D eigenvalue weighted by molar-refractivity contribution is -0.0551. The van der Waals surface area contributed by atoms with Gasteiger partial charge in [0.15, 0.2) is 6.23 Å². The molecule has 2 rings (SSSR count). The van der Waals surface area contributed by atoms with Gasteiger partial charge >= 0.3 is 5.69 Å². The first-order valence-electron chi connectivity index (χ1n) is 5.89. The van der Waals surface area contributed by atoms with Gasteiger partial charge in [0, 0.05) is 18.9 Å². The van der Waals surface area contributed by atoms with Crippen LogP contribution in [0.2, 0.25) is 0 Å². The van der Waals surface area contributed by atoms with Crippen LogP contribution in [0.15, 0.2) is 11.0 Å². The van der Waals surface area contributed by atoms with E-state index in [-0.39, 0.29) is 12.4 Å². The van der Waals surface area contributed by atoms with Crippen molar-refractivity contribution in [2.45, 2.75) is 31.4 Å². The Morgan fingerprint density at radius 1 is 1.63 bits per heavy atom. The van der Waals surface area contributed by atoms with Gasteiger partial charge in [-0.2, -0.15) is 4.98 Å². The zero-order valence-electron chi connectivity index (χ0n) is 10.8. The molecule has 2 heterocycles. The minimum Gasteiger partial charge on any atom is -0.389 e. The van der Waals surface area contributed by atoms with E-state index in [9.17, 15) is 9.90 Å². The molecule has 1 aromatic heterocycles. The quantitative estimate of drug-likeness (QED) is 0.601. The molecule has 0 radical (unpaired) electrons. The van der Waals surface area contributed by atoms with Gasteiger partial charge in [0.05, 0.1) is 12.6 Å². The van der Waals surface area contributed by atoms with Crippen molar-refractivity contribution in [2.24, 2.45) is 5.73 Å². The van der Waals surface area contributed by atoms with E-state index in [1.807, 2.05) is 0 Å². The molecule has 5 N–H and O–H groups in total. The predicted octanol–water partition coefficient (Wildman–Crippen LogP) is -1.63. The molecule has 19 heavy (non-hydrogen) atoms. The van der Waals surface area contributed by atoms with Crippen LogP contribution in [0.4, 0.5) is 5.82 Å². The molecule has 106 valence electrons. The molecule has 0 spiro atoms.